The number of rotatable bonds is 1. The van der Waals surface area contributed by atoms with Gasteiger partial charge in [-0.1, -0.05) is 0 Å². The molecule has 0 unspecified atom stereocenters. The molecule has 0 atom stereocenters. The van der Waals surface area contributed by atoms with Gasteiger partial charge in [0.25, 0.3) is 0 Å². The SMILES string of the molecule is O=[C]N1CCNC(=O)C1=O. The van der Waals surface area contributed by atoms with Gasteiger partial charge < -0.3 is 5.32 Å². The van der Waals surface area contributed by atoms with Crippen LogP contribution in [0.5, 0.6) is 0 Å². The van der Waals surface area contributed by atoms with Gasteiger partial charge in [-0.05, 0) is 0 Å². The molecule has 0 aliphatic carbocycles. The van der Waals surface area contributed by atoms with Crippen LogP contribution in [0.4, 0.5) is 0 Å². The summed E-state index contributed by atoms with van der Waals surface area (Å²) in [5.41, 5.74) is 0. The van der Waals surface area contributed by atoms with Gasteiger partial charge in [0, 0.05) is 13.1 Å². The Morgan fingerprint density at radius 2 is 2.20 bits per heavy atom. The second-order valence-corrected chi connectivity index (χ2v) is 1.80. The first-order valence-corrected chi connectivity index (χ1v) is 2.73. The molecule has 1 fully saturated rings. The number of nitrogens with one attached hydrogen (secondary N) is 1. The topological polar surface area (TPSA) is 66.5 Å². The first-order valence-electron chi connectivity index (χ1n) is 2.73. The summed E-state index contributed by atoms with van der Waals surface area (Å²) in [4.78, 5) is 31.7. The summed E-state index contributed by atoms with van der Waals surface area (Å²) in [6, 6.07) is 0. The smallest absolute Gasteiger partial charge is 0.319 e. The lowest BCUT2D eigenvalue weighted by Gasteiger charge is -2.18. The Balaban J connectivity index is 2.68. The van der Waals surface area contributed by atoms with Crippen molar-refractivity contribution in [2.75, 3.05) is 13.1 Å². The van der Waals surface area contributed by atoms with Crippen LogP contribution in [-0.4, -0.2) is 36.2 Å². The van der Waals surface area contributed by atoms with Crippen molar-refractivity contribution in [3.63, 3.8) is 0 Å². The van der Waals surface area contributed by atoms with Gasteiger partial charge in [0.05, 0.1) is 0 Å². The minimum absolute atomic E-state index is 0.216. The number of amides is 3. The molecule has 1 saturated heterocycles. The predicted molar refractivity (Wildman–Crippen MR) is 30.4 cm³/mol. The molecule has 0 saturated carbocycles. The van der Waals surface area contributed by atoms with Gasteiger partial charge in [-0.3, -0.25) is 19.3 Å². The van der Waals surface area contributed by atoms with Crippen LogP contribution >= 0.6 is 0 Å². The zero-order chi connectivity index (χ0) is 7.56. The van der Waals surface area contributed by atoms with Crippen LogP contribution in [0, 0.1) is 0 Å². The van der Waals surface area contributed by atoms with Crippen LogP contribution in [0.2, 0.25) is 0 Å². The van der Waals surface area contributed by atoms with Crippen LogP contribution in [-0.2, 0) is 14.4 Å². The lowest BCUT2D eigenvalue weighted by molar-refractivity contribution is -0.145. The van der Waals surface area contributed by atoms with E-state index in [4.69, 9.17) is 0 Å². The van der Waals surface area contributed by atoms with E-state index in [0.29, 0.717) is 6.54 Å². The summed E-state index contributed by atoms with van der Waals surface area (Å²) in [7, 11) is 0. The van der Waals surface area contributed by atoms with Crippen molar-refractivity contribution in [3.05, 3.63) is 0 Å². The second-order valence-electron chi connectivity index (χ2n) is 1.80. The van der Waals surface area contributed by atoms with Crippen LogP contribution in [0.1, 0.15) is 0 Å². The molecule has 1 aliphatic rings. The van der Waals surface area contributed by atoms with Gasteiger partial charge in [0.15, 0.2) is 0 Å². The Kier molecular flexibility index (Phi) is 1.66. The van der Waals surface area contributed by atoms with Gasteiger partial charge in [0.2, 0.25) is 0 Å². The lowest BCUT2D eigenvalue weighted by atomic mass is 10.4. The first-order chi connectivity index (χ1) is 4.75. The van der Waals surface area contributed by atoms with Gasteiger partial charge in [-0.2, -0.15) is 0 Å². The van der Waals surface area contributed by atoms with E-state index in [2.05, 4.69) is 5.32 Å². The molecule has 1 radical (unpaired) electrons. The second kappa shape index (κ2) is 2.47. The van der Waals surface area contributed by atoms with Crippen LogP contribution in [0.15, 0.2) is 0 Å². The Morgan fingerprint density at radius 1 is 1.50 bits per heavy atom. The van der Waals surface area contributed by atoms with Crippen LogP contribution in [0.3, 0.4) is 0 Å². The fourth-order valence-corrected chi connectivity index (χ4v) is 0.668. The quantitative estimate of drug-likeness (QED) is 0.430. The first kappa shape index (κ1) is 6.73. The van der Waals surface area contributed by atoms with Gasteiger partial charge >= 0.3 is 18.2 Å². The van der Waals surface area contributed by atoms with Crippen molar-refractivity contribution >= 4 is 18.2 Å². The third-order valence-electron chi connectivity index (χ3n) is 1.17. The molecule has 10 heavy (non-hydrogen) atoms. The molecule has 53 valence electrons. The monoisotopic (exact) mass is 141 g/mol. The summed E-state index contributed by atoms with van der Waals surface area (Å²) in [5.74, 6) is -1.57. The van der Waals surface area contributed by atoms with Crippen molar-refractivity contribution in [2.45, 2.75) is 0 Å². The van der Waals surface area contributed by atoms with Crippen molar-refractivity contribution in [2.24, 2.45) is 0 Å². The number of piperazine rings is 1. The maximum Gasteiger partial charge on any atom is 0.319 e. The summed E-state index contributed by atoms with van der Waals surface area (Å²) < 4.78 is 0. The number of imide groups is 1. The molecule has 0 aromatic heterocycles. The molecule has 1 heterocycles. The number of nitrogens with zero attached hydrogens (tertiary/aromatic N) is 1. The van der Waals surface area contributed by atoms with E-state index in [1.54, 1.807) is 0 Å². The molecule has 3 amide bonds. The van der Waals surface area contributed by atoms with Crippen molar-refractivity contribution in [1.29, 1.82) is 0 Å². The minimum atomic E-state index is -0.832. The Hall–Kier alpha value is -1.39. The average Bonchev–Trinajstić information content (AvgIpc) is 1.95. The highest BCUT2D eigenvalue weighted by Crippen LogP contribution is 1.89. The summed E-state index contributed by atoms with van der Waals surface area (Å²) in [6.45, 7) is 0.536. The Morgan fingerprint density at radius 3 is 2.70 bits per heavy atom. The van der Waals surface area contributed by atoms with E-state index in [1.807, 2.05) is 0 Å². The minimum Gasteiger partial charge on any atom is -0.346 e. The van der Waals surface area contributed by atoms with E-state index in [0.717, 1.165) is 4.90 Å². The van der Waals surface area contributed by atoms with E-state index < -0.39 is 11.8 Å². The molecule has 1 rings (SSSR count). The highest BCUT2D eigenvalue weighted by molar-refractivity contribution is 6.37. The van der Waals surface area contributed by atoms with Gasteiger partial charge in [-0.15, -0.1) is 0 Å². The van der Waals surface area contributed by atoms with Gasteiger partial charge in [-0.25, -0.2) is 0 Å². The van der Waals surface area contributed by atoms with E-state index in [-0.39, 0.29) is 6.54 Å². The van der Waals surface area contributed by atoms with Crippen molar-refractivity contribution < 1.29 is 14.4 Å². The highest BCUT2D eigenvalue weighted by Gasteiger charge is 2.25. The Labute approximate surface area is 57.0 Å². The largest absolute Gasteiger partial charge is 0.346 e. The average molecular weight is 141 g/mol. The third kappa shape index (κ3) is 0.975. The standard InChI is InChI=1S/C5H5N2O3/c8-3-7-2-1-6-4(9)5(7)10/h1-2H2,(H,6,9). The maximum atomic E-state index is 10.6. The number of hydrogen-bond acceptors (Lipinski definition) is 3. The van der Waals surface area contributed by atoms with Crippen molar-refractivity contribution in [1.82, 2.24) is 10.2 Å². The van der Waals surface area contributed by atoms with E-state index >= 15 is 0 Å². The number of hydrogen-bond donors (Lipinski definition) is 1. The molecule has 0 spiro atoms. The molecular weight excluding hydrogens is 136 g/mol. The third-order valence-corrected chi connectivity index (χ3v) is 1.17. The fraction of sp³-hybridized carbons (Fsp3) is 0.400. The van der Waals surface area contributed by atoms with E-state index in [1.165, 1.54) is 6.41 Å². The Bertz CT molecular complexity index is 189. The summed E-state index contributed by atoms with van der Waals surface area (Å²) in [5, 5.41) is 2.29. The predicted octanol–water partition coefficient (Wildman–Crippen LogP) is -1.99. The molecule has 0 aromatic rings. The van der Waals surface area contributed by atoms with Gasteiger partial charge in [0.1, 0.15) is 0 Å². The number of carbonyl (C=O) groups is 2. The highest BCUT2D eigenvalue weighted by atomic mass is 16.2. The number of carbonyl (C=O) groups excluding carboxylic acids is 3. The molecule has 1 N–H and O–H groups in total. The molecule has 5 heteroatoms. The lowest BCUT2D eigenvalue weighted by Crippen LogP contribution is -2.51. The molecular formula is C5H5N2O3. The summed E-state index contributed by atoms with van der Waals surface area (Å²) >= 11 is 0. The molecule has 0 bridgehead atoms. The van der Waals surface area contributed by atoms with Crippen LogP contribution in [0.25, 0.3) is 0 Å². The van der Waals surface area contributed by atoms with Crippen LogP contribution < -0.4 is 5.32 Å². The summed E-state index contributed by atoms with van der Waals surface area (Å²) in [6.07, 6.45) is 1.36. The zero-order valence-corrected chi connectivity index (χ0v) is 5.09. The van der Waals surface area contributed by atoms with E-state index in [9.17, 15) is 14.4 Å². The zero-order valence-electron chi connectivity index (χ0n) is 5.09. The maximum absolute atomic E-state index is 10.6. The molecule has 5 nitrogen and oxygen atoms in total. The molecule has 0 aromatic carbocycles. The normalized spacial score (nSPS) is 18.6. The van der Waals surface area contributed by atoms with Crippen molar-refractivity contribution in [3.8, 4) is 0 Å². The fourth-order valence-electron chi connectivity index (χ4n) is 0.668. The molecule has 1 aliphatic heterocycles.